The quantitative estimate of drug-likeness (QED) is 0.794. The van der Waals surface area contributed by atoms with Gasteiger partial charge in [-0.3, -0.25) is 0 Å². The van der Waals surface area contributed by atoms with Crippen molar-refractivity contribution in [3.63, 3.8) is 0 Å². The molecule has 114 valence electrons. The van der Waals surface area contributed by atoms with Crippen molar-refractivity contribution in [1.29, 1.82) is 0 Å². The average molecular weight is 308 g/mol. The molecular formula is C12H18F2N2O3S. The topological polar surface area (TPSA) is 69.6 Å². The summed E-state index contributed by atoms with van der Waals surface area (Å²) in [7, 11) is -3.77. The van der Waals surface area contributed by atoms with E-state index in [1.165, 1.54) is 6.07 Å². The van der Waals surface area contributed by atoms with Crippen LogP contribution in [0.5, 0.6) is 0 Å². The number of aliphatic hydroxyl groups is 1. The van der Waals surface area contributed by atoms with E-state index in [2.05, 4.69) is 4.72 Å². The molecule has 0 radical (unpaired) electrons. The Morgan fingerprint density at radius 3 is 2.20 bits per heavy atom. The molecule has 0 saturated heterocycles. The van der Waals surface area contributed by atoms with Gasteiger partial charge in [-0.2, -0.15) is 17.4 Å². The lowest BCUT2D eigenvalue weighted by Crippen LogP contribution is -2.42. The number of halogens is 2. The molecule has 1 rings (SSSR count). The van der Waals surface area contributed by atoms with Crippen LogP contribution in [-0.2, 0) is 10.2 Å². The van der Waals surface area contributed by atoms with Crippen LogP contribution in [0.4, 0.5) is 8.78 Å². The van der Waals surface area contributed by atoms with Gasteiger partial charge >= 0.3 is 0 Å². The molecule has 0 aromatic heterocycles. The Balaban J connectivity index is 2.80. The monoisotopic (exact) mass is 308 g/mol. The first-order valence-corrected chi connectivity index (χ1v) is 7.64. The van der Waals surface area contributed by atoms with Gasteiger partial charge in [0.25, 0.3) is 10.2 Å². The first kappa shape index (κ1) is 17.0. The Hall–Kier alpha value is -1.09. The molecule has 1 aromatic rings. The Morgan fingerprint density at radius 1 is 1.25 bits per heavy atom. The number of benzene rings is 1. The largest absolute Gasteiger partial charge is 0.387 e. The summed E-state index contributed by atoms with van der Waals surface area (Å²) in [4.78, 5) is 0. The van der Waals surface area contributed by atoms with E-state index in [0.29, 0.717) is 0 Å². The first-order chi connectivity index (χ1) is 9.33. The third kappa shape index (κ3) is 3.95. The second kappa shape index (κ2) is 7.07. The maximum absolute atomic E-state index is 13.4. The number of hydrogen-bond donors (Lipinski definition) is 2. The van der Waals surface area contributed by atoms with Crippen LogP contribution in [0, 0.1) is 11.6 Å². The molecule has 0 bridgehead atoms. The van der Waals surface area contributed by atoms with E-state index >= 15 is 0 Å². The van der Waals surface area contributed by atoms with Crippen molar-refractivity contribution < 1.29 is 22.3 Å². The van der Waals surface area contributed by atoms with Gasteiger partial charge in [0.2, 0.25) is 0 Å². The smallest absolute Gasteiger partial charge is 0.279 e. The maximum atomic E-state index is 13.4. The number of nitrogens with one attached hydrogen (secondary N) is 1. The molecule has 0 fully saturated rings. The number of rotatable bonds is 7. The van der Waals surface area contributed by atoms with Crippen LogP contribution in [0.1, 0.15) is 25.5 Å². The van der Waals surface area contributed by atoms with Crippen molar-refractivity contribution in [1.82, 2.24) is 9.03 Å². The minimum Gasteiger partial charge on any atom is -0.387 e. The summed E-state index contributed by atoms with van der Waals surface area (Å²) in [6.45, 7) is 3.34. The minimum absolute atomic E-state index is 0.260. The lowest BCUT2D eigenvalue weighted by Gasteiger charge is -2.20. The molecule has 1 atom stereocenters. The zero-order valence-corrected chi connectivity index (χ0v) is 12.1. The van der Waals surface area contributed by atoms with Crippen LogP contribution in [0.25, 0.3) is 0 Å². The predicted molar refractivity (Wildman–Crippen MR) is 71.2 cm³/mol. The average Bonchev–Trinajstić information content (AvgIpc) is 2.37. The summed E-state index contributed by atoms with van der Waals surface area (Å²) in [5.41, 5.74) is -0.547. The molecule has 0 heterocycles. The molecule has 0 saturated carbocycles. The van der Waals surface area contributed by atoms with Crippen molar-refractivity contribution >= 4 is 10.2 Å². The molecule has 1 unspecified atom stereocenters. The highest BCUT2D eigenvalue weighted by Gasteiger charge is 2.23. The van der Waals surface area contributed by atoms with Crippen molar-refractivity contribution in [2.24, 2.45) is 0 Å². The Bertz CT molecular complexity index is 527. The number of nitrogens with zero attached hydrogens (tertiary/aromatic N) is 1. The molecule has 0 amide bonds. The predicted octanol–water partition coefficient (Wildman–Crippen LogP) is 1.17. The van der Waals surface area contributed by atoms with Crippen molar-refractivity contribution in [2.45, 2.75) is 20.0 Å². The van der Waals surface area contributed by atoms with Gasteiger partial charge in [0.1, 0.15) is 11.6 Å². The number of hydrogen-bond acceptors (Lipinski definition) is 3. The van der Waals surface area contributed by atoms with Crippen molar-refractivity contribution in [3.05, 3.63) is 35.4 Å². The standard InChI is InChI=1S/C12H18F2N2O3S/c1-3-16(4-2)20(18,19)15-8-11(17)12-9(13)6-5-7-10(12)14/h5-7,11,15,17H,3-4,8H2,1-2H3. The van der Waals surface area contributed by atoms with Crippen molar-refractivity contribution in [3.8, 4) is 0 Å². The summed E-state index contributed by atoms with van der Waals surface area (Å²) in [5, 5.41) is 9.75. The minimum atomic E-state index is -3.77. The highest BCUT2D eigenvalue weighted by molar-refractivity contribution is 7.87. The number of aliphatic hydroxyl groups excluding tert-OH is 1. The molecule has 5 nitrogen and oxygen atoms in total. The van der Waals surface area contributed by atoms with Gasteiger partial charge in [-0.1, -0.05) is 19.9 Å². The Labute approximate surface area is 117 Å². The van der Waals surface area contributed by atoms with E-state index in [1.807, 2.05) is 0 Å². The van der Waals surface area contributed by atoms with Gasteiger partial charge in [-0.15, -0.1) is 0 Å². The molecule has 0 spiro atoms. The molecule has 2 N–H and O–H groups in total. The fraction of sp³-hybridized carbons (Fsp3) is 0.500. The van der Waals surface area contributed by atoms with Crippen LogP contribution in [0.2, 0.25) is 0 Å². The fourth-order valence-corrected chi connectivity index (χ4v) is 3.00. The summed E-state index contributed by atoms with van der Waals surface area (Å²) in [5.74, 6) is -1.83. The molecule has 1 aromatic carbocycles. The molecule has 8 heteroatoms. The van der Waals surface area contributed by atoms with Gasteiger partial charge in [0.05, 0.1) is 11.7 Å². The van der Waals surface area contributed by atoms with Crippen LogP contribution in [0.15, 0.2) is 18.2 Å². The van der Waals surface area contributed by atoms with Gasteiger partial charge in [0.15, 0.2) is 0 Å². The van der Waals surface area contributed by atoms with E-state index in [4.69, 9.17) is 0 Å². The lowest BCUT2D eigenvalue weighted by molar-refractivity contribution is 0.171. The van der Waals surface area contributed by atoms with E-state index < -0.39 is 40.1 Å². The molecule has 20 heavy (non-hydrogen) atoms. The van der Waals surface area contributed by atoms with E-state index in [0.717, 1.165) is 16.4 Å². The maximum Gasteiger partial charge on any atom is 0.279 e. The zero-order valence-electron chi connectivity index (χ0n) is 11.3. The summed E-state index contributed by atoms with van der Waals surface area (Å²) < 4.78 is 53.7. The van der Waals surface area contributed by atoms with Crippen LogP contribution < -0.4 is 4.72 Å². The van der Waals surface area contributed by atoms with Crippen LogP contribution in [0.3, 0.4) is 0 Å². The first-order valence-electron chi connectivity index (χ1n) is 6.20. The van der Waals surface area contributed by atoms with E-state index in [1.54, 1.807) is 13.8 Å². The van der Waals surface area contributed by atoms with E-state index in [9.17, 15) is 22.3 Å². The van der Waals surface area contributed by atoms with Gasteiger partial charge in [-0.25, -0.2) is 8.78 Å². The second-order valence-corrected chi connectivity index (χ2v) is 5.84. The van der Waals surface area contributed by atoms with Gasteiger partial charge in [0, 0.05) is 19.6 Å². The Kier molecular flexibility index (Phi) is 6.00. The summed E-state index contributed by atoms with van der Waals surface area (Å²) >= 11 is 0. The normalized spacial score (nSPS) is 13.7. The highest BCUT2D eigenvalue weighted by Crippen LogP contribution is 2.20. The summed E-state index contributed by atoms with van der Waals surface area (Å²) in [6.07, 6.45) is -1.60. The third-order valence-corrected chi connectivity index (χ3v) is 4.57. The Morgan fingerprint density at radius 2 is 1.75 bits per heavy atom. The lowest BCUT2D eigenvalue weighted by atomic mass is 10.1. The molecule has 0 aliphatic carbocycles. The molecule has 0 aliphatic rings. The third-order valence-electron chi connectivity index (χ3n) is 2.84. The fourth-order valence-electron chi connectivity index (χ4n) is 1.77. The highest BCUT2D eigenvalue weighted by atomic mass is 32.2. The van der Waals surface area contributed by atoms with E-state index in [-0.39, 0.29) is 13.1 Å². The van der Waals surface area contributed by atoms with Gasteiger partial charge < -0.3 is 5.11 Å². The zero-order chi connectivity index (χ0) is 15.3. The molecular weight excluding hydrogens is 290 g/mol. The summed E-state index contributed by atoms with van der Waals surface area (Å²) in [6, 6.07) is 3.17. The SMILES string of the molecule is CCN(CC)S(=O)(=O)NCC(O)c1c(F)cccc1F. The van der Waals surface area contributed by atoms with Crippen LogP contribution in [-0.4, -0.2) is 37.5 Å². The van der Waals surface area contributed by atoms with Crippen LogP contribution >= 0.6 is 0 Å². The second-order valence-electron chi connectivity index (χ2n) is 4.09. The molecule has 0 aliphatic heterocycles. The van der Waals surface area contributed by atoms with Gasteiger partial charge in [-0.05, 0) is 12.1 Å². The van der Waals surface area contributed by atoms with Crippen molar-refractivity contribution in [2.75, 3.05) is 19.6 Å².